The average Bonchev–Trinajstić information content (AvgIpc) is 2.29. The molecule has 1 aromatic rings. The van der Waals surface area contributed by atoms with E-state index in [0.29, 0.717) is 5.92 Å². The van der Waals surface area contributed by atoms with Gasteiger partial charge in [-0.05, 0) is 30.7 Å². The zero-order valence-corrected chi connectivity index (χ0v) is 9.52. The molecule has 1 aromatic carbocycles. The van der Waals surface area contributed by atoms with Crippen LogP contribution < -0.4 is 0 Å². The topological polar surface area (TPSA) is 0 Å². The second-order valence-corrected chi connectivity index (χ2v) is 3.94. The van der Waals surface area contributed by atoms with Crippen molar-refractivity contribution in [3.8, 4) is 0 Å². The lowest BCUT2D eigenvalue weighted by Gasteiger charge is -1.99. The molecule has 0 nitrogen and oxygen atoms in total. The van der Waals surface area contributed by atoms with Crippen LogP contribution in [0.15, 0.2) is 55.1 Å². The van der Waals surface area contributed by atoms with E-state index >= 15 is 0 Å². The maximum atomic E-state index is 3.77. The van der Waals surface area contributed by atoms with E-state index in [2.05, 4.69) is 56.0 Å². The molecule has 0 aromatic heterocycles. The molecule has 0 bridgehead atoms. The SMILES string of the molecule is C=CC(C)C/C=C/CCc1ccccc1. The summed E-state index contributed by atoms with van der Waals surface area (Å²) in [7, 11) is 0. The zero-order valence-electron chi connectivity index (χ0n) is 9.52. The predicted molar refractivity (Wildman–Crippen MR) is 67.9 cm³/mol. The number of benzene rings is 1. The molecule has 1 rings (SSSR count). The van der Waals surface area contributed by atoms with Crippen LogP contribution in [-0.2, 0) is 6.42 Å². The van der Waals surface area contributed by atoms with Gasteiger partial charge in [0.25, 0.3) is 0 Å². The minimum absolute atomic E-state index is 0.595. The molecule has 15 heavy (non-hydrogen) atoms. The van der Waals surface area contributed by atoms with E-state index < -0.39 is 0 Å². The molecule has 0 heterocycles. The minimum Gasteiger partial charge on any atom is -0.103 e. The molecule has 0 fully saturated rings. The monoisotopic (exact) mass is 200 g/mol. The Morgan fingerprint density at radius 3 is 2.60 bits per heavy atom. The highest BCUT2D eigenvalue weighted by Gasteiger charge is 1.91. The van der Waals surface area contributed by atoms with Crippen LogP contribution in [0.4, 0.5) is 0 Å². The highest BCUT2D eigenvalue weighted by molar-refractivity contribution is 5.15. The number of hydrogen-bond acceptors (Lipinski definition) is 0. The smallest absolute Gasteiger partial charge is 0.0230 e. The summed E-state index contributed by atoms with van der Waals surface area (Å²) in [6.07, 6.45) is 9.91. The Morgan fingerprint density at radius 2 is 1.93 bits per heavy atom. The standard InChI is InChI=1S/C15H20/c1-3-14(2)10-6-4-7-11-15-12-8-5-9-13-15/h3-6,8-9,12-14H,1,7,10-11H2,2H3/b6-4+. The quantitative estimate of drug-likeness (QED) is 0.597. The Morgan fingerprint density at radius 1 is 1.20 bits per heavy atom. The fraction of sp³-hybridized carbons (Fsp3) is 0.333. The van der Waals surface area contributed by atoms with Crippen LogP contribution in [0.25, 0.3) is 0 Å². The van der Waals surface area contributed by atoms with Gasteiger partial charge < -0.3 is 0 Å². The Hall–Kier alpha value is -1.30. The maximum Gasteiger partial charge on any atom is -0.0230 e. The second kappa shape index (κ2) is 7.05. The highest BCUT2D eigenvalue weighted by atomic mass is 14.0. The average molecular weight is 200 g/mol. The molecule has 0 heteroatoms. The van der Waals surface area contributed by atoms with Crippen molar-refractivity contribution in [3.63, 3.8) is 0 Å². The van der Waals surface area contributed by atoms with Gasteiger partial charge in [-0.25, -0.2) is 0 Å². The Labute approximate surface area is 93.3 Å². The molecule has 80 valence electrons. The maximum absolute atomic E-state index is 3.77. The summed E-state index contributed by atoms with van der Waals surface area (Å²) < 4.78 is 0. The summed E-state index contributed by atoms with van der Waals surface area (Å²) in [5, 5.41) is 0. The third-order valence-electron chi connectivity index (χ3n) is 2.52. The second-order valence-electron chi connectivity index (χ2n) is 3.94. The number of allylic oxidation sites excluding steroid dienone is 3. The summed E-state index contributed by atoms with van der Waals surface area (Å²) in [5.41, 5.74) is 1.42. The Balaban J connectivity index is 2.19. The van der Waals surface area contributed by atoms with Gasteiger partial charge >= 0.3 is 0 Å². The summed E-state index contributed by atoms with van der Waals surface area (Å²) in [6.45, 7) is 5.96. The number of rotatable bonds is 6. The molecule has 1 atom stereocenters. The van der Waals surface area contributed by atoms with Crippen LogP contribution in [-0.4, -0.2) is 0 Å². The Kier molecular flexibility index (Phi) is 5.54. The molecular weight excluding hydrogens is 180 g/mol. The molecule has 0 aliphatic heterocycles. The first kappa shape index (κ1) is 11.8. The summed E-state index contributed by atoms with van der Waals surface area (Å²) >= 11 is 0. The predicted octanol–water partition coefficient (Wildman–Crippen LogP) is 4.39. The molecule has 1 unspecified atom stereocenters. The molecule has 0 spiro atoms. The fourth-order valence-electron chi connectivity index (χ4n) is 1.42. The van der Waals surface area contributed by atoms with Gasteiger partial charge in [0.1, 0.15) is 0 Å². The van der Waals surface area contributed by atoms with Gasteiger partial charge in [-0.2, -0.15) is 0 Å². The van der Waals surface area contributed by atoms with Crippen molar-refractivity contribution < 1.29 is 0 Å². The molecule has 0 amide bonds. The van der Waals surface area contributed by atoms with E-state index in [1.165, 1.54) is 5.56 Å². The van der Waals surface area contributed by atoms with Crippen molar-refractivity contribution >= 4 is 0 Å². The van der Waals surface area contributed by atoms with E-state index in [-0.39, 0.29) is 0 Å². The van der Waals surface area contributed by atoms with Gasteiger partial charge in [0, 0.05) is 0 Å². The van der Waals surface area contributed by atoms with Gasteiger partial charge in [0.2, 0.25) is 0 Å². The number of hydrogen-bond donors (Lipinski definition) is 0. The lowest BCUT2D eigenvalue weighted by atomic mass is 10.1. The van der Waals surface area contributed by atoms with Gasteiger partial charge in [-0.3, -0.25) is 0 Å². The molecule has 0 aliphatic rings. The van der Waals surface area contributed by atoms with Crippen molar-refractivity contribution in [1.29, 1.82) is 0 Å². The largest absolute Gasteiger partial charge is 0.103 e. The van der Waals surface area contributed by atoms with Gasteiger partial charge in [-0.1, -0.05) is 55.5 Å². The van der Waals surface area contributed by atoms with Crippen LogP contribution in [0, 0.1) is 5.92 Å². The highest BCUT2D eigenvalue weighted by Crippen LogP contribution is 2.06. The van der Waals surface area contributed by atoms with Crippen molar-refractivity contribution in [2.24, 2.45) is 5.92 Å². The van der Waals surface area contributed by atoms with E-state index in [1.54, 1.807) is 0 Å². The van der Waals surface area contributed by atoms with E-state index in [4.69, 9.17) is 0 Å². The lowest BCUT2D eigenvalue weighted by Crippen LogP contribution is -1.85. The van der Waals surface area contributed by atoms with Gasteiger partial charge in [0.05, 0.1) is 0 Å². The first-order valence-electron chi connectivity index (χ1n) is 5.64. The molecule has 0 aliphatic carbocycles. The normalized spacial score (nSPS) is 12.9. The van der Waals surface area contributed by atoms with Crippen molar-refractivity contribution in [3.05, 3.63) is 60.7 Å². The van der Waals surface area contributed by atoms with Crippen LogP contribution in [0.1, 0.15) is 25.3 Å². The molecule has 0 radical (unpaired) electrons. The lowest BCUT2D eigenvalue weighted by molar-refractivity contribution is 0.743. The fourth-order valence-corrected chi connectivity index (χ4v) is 1.42. The van der Waals surface area contributed by atoms with Crippen molar-refractivity contribution in [2.75, 3.05) is 0 Å². The van der Waals surface area contributed by atoms with Gasteiger partial charge in [0.15, 0.2) is 0 Å². The van der Waals surface area contributed by atoms with Crippen molar-refractivity contribution in [1.82, 2.24) is 0 Å². The molecule has 0 saturated heterocycles. The molecule has 0 N–H and O–H groups in total. The minimum atomic E-state index is 0.595. The van der Waals surface area contributed by atoms with Crippen LogP contribution in [0.3, 0.4) is 0 Å². The molecule has 0 saturated carbocycles. The van der Waals surface area contributed by atoms with Crippen LogP contribution in [0.2, 0.25) is 0 Å². The third kappa shape index (κ3) is 5.21. The summed E-state index contributed by atoms with van der Waals surface area (Å²) in [6, 6.07) is 10.6. The first-order valence-corrected chi connectivity index (χ1v) is 5.64. The number of aryl methyl sites for hydroxylation is 1. The summed E-state index contributed by atoms with van der Waals surface area (Å²) in [5.74, 6) is 0.595. The molecular formula is C15H20. The van der Waals surface area contributed by atoms with Crippen LogP contribution in [0.5, 0.6) is 0 Å². The van der Waals surface area contributed by atoms with Crippen LogP contribution >= 0.6 is 0 Å². The third-order valence-corrected chi connectivity index (χ3v) is 2.52. The Bertz CT molecular complexity index is 295. The van der Waals surface area contributed by atoms with E-state index in [9.17, 15) is 0 Å². The first-order chi connectivity index (χ1) is 7.33. The van der Waals surface area contributed by atoms with Gasteiger partial charge in [-0.15, -0.1) is 6.58 Å². The zero-order chi connectivity index (χ0) is 10.9. The van der Waals surface area contributed by atoms with E-state index in [1.807, 2.05) is 6.08 Å². The van der Waals surface area contributed by atoms with E-state index in [0.717, 1.165) is 19.3 Å². The van der Waals surface area contributed by atoms with Crippen molar-refractivity contribution in [2.45, 2.75) is 26.2 Å². The summed E-state index contributed by atoms with van der Waals surface area (Å²) in [4.78, 5) is 0.